The van der Waals surface area contributed by atoms with Gasteiger partial charge in [-0.15, -0.1) is 0 Å². The number of hydrogen-bond acceptors (Lipinski definition) is 4. The highest BCUT2D eigenvalue weighted by molar-refractivity contribution is 5.45. The average molecular weight is 283 g/mol. The van der Waals surface area contributed by atoms with Crippen LogP contribution in [-0.4, -0.2) is 18.3 Å². The van der Waals surface area contributed by atoms with E-state index in [0.29, 0.717) is 19.0 Å². The molecule has 0 spiro atoms. The van der Waals surface area contributed by atoms with Gasteiger partial charge in [0, 0.05) is 6.54 Å². The van der Waals surface area contributed by atoms with Gasteiger partial charge in [-0.3, -0.25) is 0 Å². The van der Waals surface area contributed by atoms with Crippen LogP contribution < -0.4 is 14.8 Å². The van der Waals surface area contributed by atoms with Gasteiger partial charge in [-0.2, -0.15) is 0 Å². The van der Waals surface area contributed by atoms with E-state index in [1.54, 1.807) is 0 Å². The monoisotopic (exact) mass is 283 g/mol. The van der Waals surface area contributed by atoms with Gasteiger partial charge < -0.3 is 19.9 Å². The van der Waals surface area contributed by atoms with Crippen molar-refractivity contribution in [3.8, 4) is 11.5 Å². The van der Waals surface area contributed by atoms with Crippen LogP contribution >= 0.6 is 0 Å². The Hall–Kier alpha value is -2.04. The quantitative estimate of drug-likeness (QED) is 0.888. The zero-order valence-corrected chi connectivity index (χ0v) is 11.6. The minimum Gasteiger partial charge on any atom is -0.486 e. The van der Waals surface area contributed by atoms with Gasteiger partial charge in [-0.05, 0) is 28.8 Å². The molecule has 2 heterocycles. The summed E-state index contributed by atoms with van der Waals surface area (Å²) in [6.45, 7) is 1.92. The maximum absolute atomic E-state index is 10.7. The molecule has 2 N–H and O–H groups in total. The molecule has 4 heteroatoms. The average Bonchev–Trinajstić information content (AvgIpc) is 2.98. The number of nitrogens with one attached hydrogen (secondary N) is 1. The molecule has 0 saturated heterocycles. The molecular formula is C17H17NO3. The standard InChI is InChI=1S/C17H17NO3/c19-17(16-13-4-2-1-3-12(13)10-18-16)11-5-6-14-15(9-11)21-8-7-20-14/h1-6,9,16-19H,7-8,10H2. The van der Waals surface area contributed by atoms with Crippen molar-refractivity contribution >= 4 is 0 Å². The predicted octanol–water partition coefficient (Wildman–Crippen LogP) is 2.34. The van der Waals surface area contributed by atoms with E-state index in [-0.39, 0.29) is 6.04 Å². The van der Waals surface area contributed by atoms with Gasteiger partial charge in [0.05, 0.1) is 12.1 Å². The molecule has 2 aliphatic heterocycles. The molecule has 2 aromatic carbocycles. The maximum atomic E-state index is 10.7. The first kappa shape index (κ1) is 12.7. The highest BCUT2D eigenvalue weighted by Gasteiger charge is 2.29. The number of aliphatic hydroxyl groups excluding tert-OH is 1. The van der Waals surface area contributed by atoms with Crippen molar-refractivity contribution in [3.63, 3.8) is 0 Å². The van der Waals surface area contributed by atoms with E-state index in [1.807, 2.05) is 30.3 Å². The lowest BCUT2D eigenvalue weighted by molar-refractivity contribution is 0.131. The largest absolute Gasteiger partial charge is 0.486 e. The topological polar surface area (TPSA) is 50.7 Å². The molecule has 2 aromatic rings. The number of ether oxygens (including phenoxy) is 2. The van der Waals surface area contributed by atoms with E-state index in [9.17, 15) is 5.11 Å². The van der Waals surface area contributed by atoms with Gasteiger partial charge in [0.15, 0.2) is 11.5 Å². The van der Waals surface area contributed by atoms with Crippen molar-refractivity contribution < 1.29 is 14.6 Å². The summed E-state index contributed by atoms with van der Waals surface area (Å²) in [5.41, 5.74) is 3.26. The SMILES string of the molecule is OC(c1ccc2c(c1)OCCO2)C1NCc2ccccc21. The van der Waals surface area contributed by atoms with Gasteiger partial charge in [-0.25, -0.2) is 0 Å². The molecule has 0 fully saturated rings. The number of rotatable bonds is 2. The van der Waals surface area contributed by atoms with Crippen LogP contribution in [0.2, 0.25) is 0 Å². The van der Waals surface area contributed by atoms with E-state index in [4.69, 9.17) is 9.47 Å². The lowest BCUT2D eigenvalue weighted by atomic mass is 9.95. The van der Waals surface area contributed by atoms with Crippen molar-refractivity contribution in [1.82, 2.24) is 5.32 Å². The third-order valence-corrected chi connectivity index (χ3v) is 4.13. The number of fused-ring (bicyclic) bond motifs is 2. The normalized spacial score (nSPS) is 20.9. The van der Waals surface area contributed by atoms with Crippen LogP contribution in [0.3, 0.4) is 0 Å². The summed E-state index contributed by atoms with van der Waals surface area (Å²) >= 11 is 0. The minimum atomic E-state index is -0.607. The van der Waals surface area contributed by atoms with Crippen LogP contribution in [0.1, 0.15) is 28.8 Å². The number of aliphatic hydroxyl groups is 1. The smallest absolute Gasteiger partial charge is 0.161 e. The minimum absolute atomic E-state index is 0.0799. The summed E-state index contributed by atoms with van der Waals surface area (Å²) in [6.07, 6.45) is -0.607. The first-order valence-electron chi connectivity index (χ1n) is 7.22. The third kappa shape index (κ3) is 2.17. The molecule has 4 nitrogen and oxygen atoms in total. The Bertz CT molecular complexity index is 671. The van der Waals surface area contributed by atoms with Crippen molar-refractivity contribution in [2.24, 2.45) is 0 Å². The molecular weight excluding hydrogens is 266 g/mol. The van der Waals surface area contributed by atoms with Crippen LogP contribution in [0, 0.1) is 0 Å². The molecule has 0 aliphatic carbocycles. The van der Waals surface area contributed by atoms with E-state index in [1.165, 1.54) is 11.1 Å². The van der Waals surface area contributed by atoms with E-state index >= 15 is 0 Å². The second kappa shape index (κ2) is 5.06. The maximum Gasteiger partial charge on any atom is 0.161 e. The molecule has 0 radical (unpaired) electrons. The molecule has 4 rings (SSSR count). The first-order chi connectivity index (χ1) is 10.3. The Morgan fingerprint density at radius 2 is 1.86 bits per heavy atom. The summed E-state index contributed by atoms with van der Waals surface area (Å²) in [7, 11) is 0. The third-order valence-electron chi connectivity index (χ3n) is 4.13. The Morgan fingerprint density at radius 1 is 1.05 bits per heavy atom. The number of hydrogen-bond donors (Lipinski definition) is 2. The molecule has 2 atom stereocenters. The second-order valence-electron chi connectivity index (χ2n) is 5.41. The molecule has 2 unspecified atom stereocenters. The molecule has 21 heavy (non-hydrogen) atoms. The summed E-state index contributed by atoms with van der Waals surface area (Å²) in [4.78, 5) is 0. The predicted molar refractivity (Wildman–Crippen MR) is 78.4 cm³/mol. The van der Waals surface area contributed by atoms with Crippen LogP contribution in [0.4, 0.5) is 0 Å². The molecule has 0 bridgehead atoms. The molecule has 0 amide bonds. The Balaban J connectivity index is 1.65. The van der Waals surface area contributed by atoms with Gasteiger partial charge in [0.2, 0.25) is 0 Å². The highest BCUT2D eigenvalue weighted by Crippen LogP contribution is 2.38. The summed E-state index contributed by atoms with van der Waals surface area (Å²) in [6, 6.07) is 13.8. The lowest BCUT2D eigenvalue weighted by Gasteiger charge is -2.23. The summed E-state index contributed by atoms with van der Waals surface area (Å²) < 4.78 is 11.1. The van der Waals surface area contributed by atoms with Crippen LogP contribution in [0.15, 0.2) is 42.5 Å². The fourth-order valence-corrected chi connectivity index (χ4v) is 3.05. The molecule has 108 valence electrons. The molecule has 0 aromatic heterocycles. The zero-order chi connectivity index (χ0) is 14.2. The highest BCUT2D eigenvalue weighted by atomic mass is 16.6. The van der Waals surface area contributed by atoms with Gasteiger partial charge in [-0.1, -0.05) is 30.3 Å². The number of benzene rings is 2. The Labute approximate surface area is 123 Å². The Kier molecular flexibility index (Phi) is 3.05. The summed E-state index contributed by atoms with van der Waals surface area (Å²) in [5.74, 6) is 1.46. The second-order valence-corrected chi connectivity index (χ2v) is 5.41. The van der Waals surface area contributed by atoms with Crippen LogP contribution in [0.5, 0.6) is 11.5 Å². The van der Waals surface area contributed by atoms with Gasteiger partial charge >= 0.3 is 0 Å². The van der Waals surface area contributed by atoms with E-state index in [0.717, 1.165) is 17.9 Å². The fourth-order valence-electron chi connectivity index (χ4n) is 3.05. The van der Waals surface area contributed by atoms with Gasteiger partial charge in [0.1, 0.15) is 13.2 Å². The van der Waals surface area contributed by atoms with Crippen molar-refractivity contribution in [2.75, 3.05) is 13.2 Å². The van der Waals surface area contributed by atoms with Gasteiger partial charge in [0.25, 0.3) is 0 Å². The fraction of sp³-hybridized carbons (Fsp3) is 0.294. The van der Waals surface area contributed by atoms with Crippen LogP contribution in [0.25, 0.3) is 0 Å². The summed E-state index contributed by atoms with van der Waals surface area (Å²) in [5, 5.41) is 14.1. The van der Waals surface area contributed by atoms with Crippen molar-refractivity contribution in [3.05, 3.63) is 59.2 Å². The van der Waals surface area contributed by atoms with E-state index < -0.39 is 6.10 Å². The Morgan fingerprint density at radius 3 is 2.76 bits per heavy atom. The van der Waals surface area contributed by atoms with Crippen molar-refractivity contribution in [2.45, 2.75) is 18.7 Å². The van der Waals surface area contributed by atoms with E-state index in [2.05, 4.69) is 17.4 Å². The molecule has 2 aliphatic rings. The van der Waals surface area contributed by atoms with Crippen LogP contribution in [-0.2, 0) is 6.54 Å². The first-order valence-corrected chi connectivity index (χ1v) is 7.22. The zero-order valence-electron chi connectivity index (χ0n) is 11.6. The molecule has 0 saturated carbocycles. The lowest BCUT2D eigenvalue weighted by Crippen LogP contribution is -2.21. The van der Waals surface area contributed by atoms with Crippen molar-refractivity contribution in [1.29, 1.82) is 0 Å².